The number of halogens is 1. The molecular weight excluding hydrogens is 196 g/mol. The van der Waals surface area contributed by atoms with E-state index >= 15 is 0 Å². The number of hydrogen-bond acceptors (Lipinski definition) is 1. The Hall–Kier alpha value is -1.28. The van der Waals surface area contributed by atoms with Crippen molar-refractivity contribution < 1.29 is 0 Å². The summed E-state index contributed by atoms with van der Waals surface area (Å²) in [5, 5.41) is 4.25. The first kappa shape index (κ1) is 9.28. The zero-order valence-corrected chi connectivity index (χ0v) is 8.65. The molecule has 14 heavy (non-hydrogen) atoms. The molecule has 0 saturated heterocycles. The lowest BCUT2D eigenvalue weighted by molar-refractivity contribution is 0.879. The minimum absolute atomic E-state index is 0.00691. The van der Waals surface area contributed by atoms with Crippen molar-refractivity contribution in [3.05, 3.63) is 48.3 Å². The van der Waals surface area contributed by atoms with E-state index in [1.807, 2.05) is 48.1 Å². The number of hydrogen-bond donors (Lipinski definition) is 0. The van der Waals surface area contributed by atoms with Crippen LogP contribution in [0.2, 0.25) is 0 Å². The first-order chi connectivity index (χ1) is 6.77. The Labute approximate surface area is 88.1 Å². The van der Waals surface area contributed by atoms with Crippen molar-refractivity contribution >= 4 is 11.6 Å². The molecule has 0 bridgehead atoms. The second kappa shape index (κ2) is 3.84. The van der Waals surface area contributed by atoms with Crippen LogP contribution >= 0.6 is 11.6 Å². The van der Waals surface area contributed by atoms with Crippen LogP contribution in [0.25, 0.3) is 5.69 Å². The summed E-state index contributed by atoms with van der Waals surface area (Å²) >= 11 is 5.95. The molecule has 1 aromatic carbocycles. The second-order valence-electron chi connectivity index (χ2n) is 3.17. The summed E-state index contributed by atoms with van der Waals surface area (Å²) in [5.74, 6) is 0. The highest BCUT2D eigenvalue weighted by Crippen LogP contribution is 2.19. The summed E-state index contributed by atoms with van der Waals surface area (Å²) in [6.07, 6.45) is 3.75. The van der Waals surface area contributed by atoms with Gasteiger partial charge in [0.15, 0.2) is 0 Å². The molecule has 0 aliphatic rings. The van der Waals surface area contributed by atoms with Gasteiger partial charge in [-0.25, -0.2) is 4.68 Å². The molecular formula is C11H11ClN2. The average Bonchev–Trinajstić information content (AvgIpc) is 2.68. The van der Waals surface area contributed by atoms with E-state index in [1.54, 1.807) is 6.20 Å². The lowest BCUT2D eigenvalue weighted by Gasteiger charge is -1.99. The first-order valence-electron chi connectivity index (χ1n) is 4.51. The predicted octanol–water partition coefficient (Wildman–Crippen LogP) is 3.17. The molecule has 0 spiro atoms. The number of nitrogens with zero attached hydrogens (tertiary/aromatic N) is 2. The van der Waals surface area contributed by atoms with Crippen molar-refractivity contribution in [3.63, 3.8) is 0 Å². The number of aromatic nitrogens is 2. The molecule has 0 radical (unpaired) electrons. The molecule has 0 fully saturated rings. The van der Waals surface area contributed by atoms with Gasteiger partial charge < -0.3 is 0 Å². The molecule has 2 rings (SSSR count). The Morgan fingerprint density at radius 1 is 1.29 bits per heavy atom. The molecule has 3 heteroatoms. The monoisotopic (exact) mass is 206 g/mol. The molecule has 0 aliphatic carbocycles. The number of rotatable bonds is 2. The zero-order chi connectivity index (χ0) is 9.97. The lowest BCUT2D eigenvalue weighted by atomic mass is 10.3. The predicted molar refractivity (Wildman–Crippen MR) is 57.8 cm³/mol. The van der Waals surface area contributed by atoms with E-state index in [4.69, 9.17) is 11.6 Å². The molecule has 2 aromatic rings. The van der Waals surface area contributed by atoms with Gasteiger partial charge in [0.1, 0.15) is 0 Å². The Bertz CT molecular complexity index is 406. The number of para-hydroxylation sites is 1. The molecule has 2 nitrogen and oxygen atoms in total. The van der Waals surface area contributed by atoms with Gasteiger partial charge in [0.2, 0.25) is 0 Å². The molecule has 72 valence electrons. The van der Waals surface area contributed by atoms with E-state index in [-0.39, 0.29) is 5.38 Å². The van der Waals surface area contributed by atoms with Gasteiger partial charge in [-0.1, -0.05) is 18.2 Å². The van der Waals surface area contributed by atoms with Gasteiger partial charge in [-0.05, 0) is 19.1 Å². The van der Waals surface area contributed by atoms with Gasteiger partial charge in [0.05, 0.1) is 17.3 Å². The van der Waals surface area contributed by atoms with Crippen LogP contribution < -0.4 is 0 Å². The maximum Gasteiger partial charge on any atom is 0.0645 e. The van der Waals surface area contributed by atoms with Crippen molar-refractivity contribution in [1.29, 1.82) is 0 Å². The van der Waals surface area contributed by atoms with Crippen LogP contribution in [0.5, 0.6) is 0 Å². The summed E-state index contributed by atoms with van der Waals surface area (Å²) in [7, 11) is 0. The second-order valence-corrected chi connectivity index (χ2v) is 3.82. The van der Waals surface area contributed by atoms with Crippen LogP contribution in [0.15, 0.2) is 42.7 Å². The minimum atomic E-state index is 0.00691. The van der Waals surface area contributed by atoms with E-state index in [1.165, 1.54) is 0 Å². The fourth-order valence-electron chi connectivity index (χ4n) is 1.26. The first-order valence-corrected chi connectivity index (χ1v) is 4.95. The van der Waals surface area contributed by atoms with E-state index in [0.717, 1.165) is 11.3 Å². The highest BCUT2D eigenvalue weighted by atomic mass is 35.5. The molecule has 1 heterocycles. The summed E-state index contributed by atoms with van der Waals surface area (Å²) in [5.41, 5.74) is 2.09. The molecule has 0 saturated carbocycles. The van der Waals surface area contributed by atoms with Crippen molar-refractivity contribution in [2.24, 2.45) is 0 Å². The average molecular weight is 207 g/mol. The van der Waals surface area contributed by atoms with Crippen LogP contribution in [-0.2, 0) is 0 Å². The van der Waals surface area contributed by atoms with E-state index in [9.17, 15) is 0 Å². The van der Waals surface area contributed by atoms with E-state index in [2.05, 4.69) is 5.10 Å². The van der Waals surface area contributed by atoms with Gasteiger partial charge in [-0.3, -0.25) is 0 Å². The van der Waals surface area contributed by atoms with Crippen molar-refractivity contribution in [1.82, 2.24) is 9.78 Å². The Morgan fingerprint density at radius 3 is 2.57 bits per heavy atom. The summed E-state index contributed by atoms with van der Waals surface area (Å²) in [6.45, 7) is 1.94. The topological polar surface area (TPSA) is 17.8 Å². The van der Waals surface area contributed by atoms with Crippen LogP contribution in [-0.4, -0.2) is 9.78 Å². The third-order valence-electron chi connectivity index (χ3n) is 2.08. The maximum absolute atomic E-state index is 5.95. The fraction of sp³-hybridized carbons (Fsp3) is 0.182. The Kier molecular flexibility index (Phi) is 2.55. The van der Waals surface area contributed by atoms with Crippen LogP contribution in [0.4, 0.5) is 0 Å². The highest BCUT2D eigenvalue weighted by molar-refractivity contribution is 6.20. The van der Waals surface area contributed by atoms with Gasteiger partial charge in [0.25, 0.3) is 0 Å². The van der Waals surface area contributed by atoms with Crippen molar-refractivity contribution in [2.75, 3.05) is 0 Å². The third kappa shape index (κ3) is 1.80. The van der Waals surface area contributed by atoms with Gasteiger partial charge in [-0.2, -0.15) is 5.10 Å². The standard InChI is InChI=1S/C11H11ClN2/c1-9(12)10-7-13-14(8-10)11-5-3-2-4-6-11/h2-9H,1H3. The van der Waals surface area contributed by atoms with Gasteiger partial charge in [0, 0.05) is 11.8 Å². The van der Waals surface area contributed by atoms with E-state index < -0.39 is 0 Å². The zero-order valence-electron chi connectivity index (χ0n) is 7.89. The largest absolute Gasteiger partial charge is 0.241 e. The molecule has 0 N–H and O–H groups in total. The third-order valence-corrected chi connectivity index (χ3v) is 2.33. The normalized spacial score (nSPS) is 12.7. The Balaban J connectivity index is 2.34. The number of alkyl halides is 1. The quantitative estimate of drug-likeness (QED) is 0.691. The highest BCUT2D eigenvalue weighted by Gasteiger charge is 2.04. The molecule has 1 unspecified atom stereocenters. The van der Waals surface area contributed by atoms with Crippen LogP contribution in [0.1, 0.15) is 17.9 Å². The molecule has 0 aliphatic heterocycles. The minimum Gasteiger partial charge on any atom is -0.241 e. The fourth-order valence-corrected chi connectivity index (χ4v) is 1.38. The Morgan fingerprint density at radius 2 is 2.00 bits per heavy atom. The summed E-state index contributed by atoms with van der Waals surface area (Å²) < 4.78 is 1.83. The molecule has 0 amide bonds. The summed E-state index contributed by atoms with van der Waals surface area (Å²) in [6, 6.07) is 9.98. The smallest absolute Gasteiger partial charge is 0.0645 e. The van der Waals surface area contributed by atoms with Gasteiger partial charge >= 0.3 is 0 Å². The number of benzene rings is 1. The maximum atomic E-state index is 5.95. The van der Waals surface area contributed by atoms with E-state index in [0.29, 0.717) is 0 Å². The van der Waals surface area contributed by atoms with Crippen molar-refractivity contribution in [2.45, 2.75) is 12.3 Å². The molecule has 1 aromatic heterocycles. The van der Waals surface area contributed by atoms with Crippen molar-refractivity contribution in [3.8, 4) is 5.69 Å². The lowest BCUT2D eigenvalue weighted by Crippen LogP contribution is -1.92. The van der Waals surface area contributed by atoms with Gasteiger partial charge in [-0.15, -0.1) is 11.6 Å². The van der Waals surface area contributed by atoms with Crippen LogP contribution in [0, 0.1) is 0 Å². The van der Waals surface area contributed by atoms with Crippen LogP contribution in [0.3, 0.4) is 0 Å². The molecule has 1 atom stereocenters. The summed E-state index contributed by atoms with van der Waals surface area (Å²) in [4.78, 5) is 0. The SMILES string of the molecule is CC(Cl)c1cnn(-c2ccccc2)c1.